The smallest absolute Gasteiger partial charge is 0.307 e. The number of nitrogens with zero attached hydrogens (tertiary/aromatic N) is 1. The van der Waals surface area contributed by atoms with E-state index in [4.69, 9.17) is 0 Å². The number of unbranched alkanes of at least 4 members (excludes halogenated alkanes) is 7. The van der Waals surface area contributed by atoms with Crippen molar-refractivity contribution >= 4 is 11.9 Å². The van der Waals surface area contributed by atoms with Crippen LogP contribution in [0.3, 0.4) is 0 Å². The third-order valence-electron chi connectivity index (χ3n) is 4.55. The Morgan fingerprint density at radius 3 is 2.00 bits per heavy atom. The molecule has 0 bridgehead atoms. The molecule has 140 valence electrons. The van der Waals surface area contributed by atoms with Crippen LogP contribution >= 0.6 is 0 Å². The van der Waals surface area contributed by atoms with E-state index in [0.717, 1.165) is 12.8 Å². The van der Waals surface area contributed by atoms with Crippen LogP contribution in [0.25, 0.3) is 0 Å². The Morgan fingerprint density at radius 1 is 0.958 bits per heavy atom. The number of carbonyl (C=O) groups is 2. The minimum absolute atomic E-state index is 0.0338. The van der Waals surface area contributed by atoms with Crippen LogP contribution in [0.1, 0.15) is 85.0 Å². The molecule has 4 heteroatoms. The molecule has 0 spiro atoms. The molecule has 0 aliphatic rings. The molecular formula is C20H37NO3. The van der Waals surface area contributed by atoms with E-state index in [-0.39, 0.29) is 12.3 Å². The van der Waals surface area contributed by atoms with Crippen molar-refractivity contribution in [2.45, 2.75) is 85.0 Å². The predicted octanol–water partition coefficient (Wildman–Crippen LogP) is 5.03. The second-order valence-electron chi connectivity index (χ2n) is 6.43. The first-order valence-electron chi connectivity index (χ1n) is 9.68. The van der Waals surface area contributed by atoms with E-state index in [9.17, 15) is 14.7 Å². The SMILES string of the molecule is C/C=C/CCCCCCCCCC(CC(=O)N(CC)CC)C(=O)O. The van der Waals surface area contributed by atoms with Crippen molar-refractivity contribution in [2.75, 3.05) is 13.1 Å². The highest BCUT2D eigenvalue weighted by Crippen LogP contribution is 2.17. The van der Waals surface area contributed by atoms with E-state index in [1.165, 1.54) is 38.5 Å². The first kappa shape index (κ1) is 22.7. The first-order chi connectivity index (χ1) is 11.6. The topological polar surface area (TPSA) is 57.6 Å². The van der Waals surface area contributed by atoms with Gasteiger partial charge in [-0.25, -0.2) is 0 Å². The lowest BCUT2D eigenvalue weighted by Gasteiger charge is -2.21. The highest BCUT2D eigenvalue weighted by Gasteiger charge is 2.22. The fourth-order valence-electron chi connectivity index (χ4n) is 2.93. The third-order valence-corrected chi connectivity index (χ3v) is 4.55. The van der Waals surface area contributed by atoms with Crippen molar-refractivity contribution in [1.82, 2.24) is 4.90 Å². The Labute approximate surface area is 148 Å². The van der Waals surface area contributed by atoms with E-state index in [1.54, 1.807) is 4.90 Å². The second-order valence-corrected chi connectivity index (χ2v) is 6.43. The van der Waals surface area contributed by atoms with Gasteiger partial charge in [-0.3, -0.25) is 9.59 Å². The number of carbonyl (C=O) groups excluding carboxylic acids is 1. The average Bonchev–Trinajstić information content (AvgIpc) is 2.56. The molecule has 0 heterocycles. The van der Waals surface area contributed by atoms with Gasteiger partial charge in [0.1, 0.15) is 0 Å². The second kappa shape index (κ2) is 15.2. The highest BCUT2D eigenvalue weighted by atomic mass is 16.4. The number of carboxylic acid groups (broad SMARTS) is 1. The van der Waals surface area contributed by atoms with Crippen LogP contribution in [0, 0.1) is 5.92 Å². The van der Waals surface area contributed by atoms with Gasteiger partial charge in [0.05, 0.1) is 5.92 Å². The number of allylic oxidation sites excluding steroid dienone is 2. The molecule has 0 radical (unpaired) electrons. The molecule has 0 rings (SSSR count). The van der Waals surface area contributed by atoms with Crippen molar-refractivity contribution in [3.63, 3.8) is 0 Å². The third kappa shape index (κ3) is 11.3. The molecule has 0 saturated heterocycles. The van der Waals surface area contributed by atoms with Crippen LogP contribution in [0.4, 0.5) is 0 Å². The summed E-state index contributed by atoms with van der Waals surface area (Å²) in [4.78, 5) is 25.1. The maximum absolute atomic E-state index is 12.1. The van der Waals surface area contributed by atoms with Crippen LogP contribution in [0.5, 0.6) is 0 Å². The standard InChI is InChI=1S/C20H37NO3/c1-4-7-8-9-10-11-12-13-14-15-16-18(20(23)24)17-19(22)21(5-2)6-3/h4,7,18H,5-6,8-17H2,1-3H3,(H,23,24)/b7-4+. The maximum Gasteiger partial charge on any atom is 0.307 e. The zero-order valence-corrected chi connectivity index (χ0v) is 15.9. The Hall–Kier alpha value is -1.32. The average molecular weight is 340 g/mol. The van der Waals surface area contributed by atoms with Crippen molar-refractivity contribution in [2.24, 2.45) is 5.92 Å². The van der Waals surface area contributed by atoms with Gasteiger partial charge in [-0.1, -0.05) is 50.7 Å². The lowest BCUT2D eigenvalue weighted by molar-refractivity contribution is -0.146. The molecule has 0 aromatic heterocycles. The molecule has 1 N–H and O–H groups in total. The van der Waals surface area contributed by atoms with Gasteiger partial charge in [-0.05, 0) is 40.0 Å². The number of amides is 1. The molecule has 0 fully saturated rings. The van der Waals surface area contributed by atoms with E-state index < -0.39 is 11.9 Å². The Bertz CT molecular complexity index is 362. The van der Waals surface area contributed by atoms with E-state index in [2.05, 4.69) is 19.1 Å². The molecule has 0 aliphatic heterocycles. The van der Waals surface area contributed by atoms with Crippen molar-refractivity contribution in [1.29, 1.82) is 0 Å². The van der Waals surface area contributed by atoms with Crippen LogP contribution in [-0.2, 0) is 9.59 Å². The van der Waals surface area contributed by atoms with Gasteiger partial charge in [0, 0.05) is 19.5 Å². The molecule has 0 aliphatic carbocycles. The van der Waals surface area contributed by atoms with Crippen molar-refractivity contribution < 1.29 is 14.7 Å². The fraction of sp³-hybridized carbons (Fsp3) is 0.800. The molecule has 1 unspecified atom stereocenters. The van der Waals surface area contributed by atoms with Gasteiger partial charge < -0.3 is 10.0 Å². The Balaban J connectivity index is 3.83. The molecule has 0 aromatic carbocycles. The number of hydrogen-bond acceptors (Lipinski definition) is 2. The van der Waals surface area contributed by atoms with Crippen LogP contribution in [0.15, 0.2) is 12.2 Å². The minimum atomic E-state index is -0.834. The van der Waals surface area contributed by atoms with Gasteiger partial charge in [-0.2, -0.15) is 0 Å². The summed E-state index contributed by atoms with van der Waals surface area (Å²) in [5.41, 5.74) is 0. The molecule has 24 heavy (non-hydrogen) atoms. The molecule has 0 saturated carbocycles. The number of rotatable bonds is 15. The summed E-state index contributed by atoms with van der Waals surface area (Å²) >= 11 is 0. The maximum atomic E-state index is 12.1. The summed E-state index contributed by atoms with van der Waals surface area (Å²) in [6, 6.07) is 0. The first-order valence-corrected chi connectivity index (χ1v) is 9.68. The van der Waals surface area contributed by atoms with Gasteiger partial charge in [0.2, 0.25) is 5.91 Å². The van der Waals surface area contributed by atoms with Crippen LogP contribution < -0.4 is 0 Å². The zero-order valence-electron chi connectivity index (χ0n) is 15.9. The van der Waals surface area contributed by atoms with Gasteiger partial charge in [-0.15, -0.1) is 0 Å². The zero-order chi connectivity index (χ0) is 18.2. The lowest BCUT2D eigenvalue weighted by atomic mass is 9.96. The molecule has 0 aromatic rings. The summed E-state index contributed by atoms with van der Waals surface area (Å²) in [5, 5.41) is 9.32. The van der Waals surface area contributed by atoms with Gasteiger partial charge in [0.25, 0.3) is 0 Å². The summed E-state index contributed by atoms with van der Waals surface area (Å²) in [5.74, 6) is -1.40. The molecule has 1 amide bonds. The number of aliphatic carboxylic acids is 1. The van der Waals surface area contributed by atoms with Gasteiger partial charge >= 0.3 is 5.97 Å². The number of hydrogen-bond donors (Lipinski definition) is 1. The quantitative estimate of drug-likeness (QED) is 0.336. The summed E-state index contributed by atoms with van der Waals surface area (Å²) in [6.45, 7) is 7.21. The Kier molecular flexibility index (Phi) is 14.4. The fourth-order valence-corrected chi connectivity index (χ4v) is 2.93. The van der Waals surface area contributed by atoms with Crippen molar-refractivity contribution in [3.05, 3.63) is 12.2 Å². The largest absolute Gasteiger partial charge is 0.481 e. The summed E-state index contributed by atoms with van der Waals surface area (Å²) in [6.07, 6.45) is 14.4. The minimum Gasteiger partial charge on any atom is -0.481 e. The van der Waals surface area contributed by atoms with Crippen LogP contribution in [0.2, 0.25) is 0 Å². The molecule has 4 nitrogen and oxygen atoms in total. The summed E-state index contributed by atoms with van der Waals surface area (Å²) in [7, 11) is 0. The van der Waals surface area contributed by atoms with Crippen LogP contribution in [-0.4, -0.2) is 35.0 Å². The highest BCUT2D eigenvalue weighted by molar-refractivity contribution is 5.82. The normalized spacial score (nSPS) is 12.5. The molecular weight excluding hydrogens is 302 g/mol. The van der Waals surface area contributed by atoms with E-state index >= 15 is 0 Å². The monoisotopic (exact) mass is 339 g/mol. The van der Waals surface area contributed by atoms with Crippen molar-refractivity contribution in [3.8, 4) is 0 Å². The molecule has 1 atom stereocenters. The Morgan fingerprint density at radius 2 is 1.50 bits per heavy atom. The number of carboxylic acids is 1. The van der Waals surface area contributed by atoms with Gasteiger partial charge in [0.15, 0.2) is 0 Å². The lowest BCUT2D eigenvalue weighted by Crippen LogP contribution is -2.33. The van der Waals surface area contributed by atoms with E-state index in [0.29, 0.717) is 19.5 Å². The summed E-state index contributed by atoms with van der Waals surface area (Å²) < 4.78 is 0. The van der Waals surface area contributed by atoms with E-state index in [1.807, 2.05) is 13.8 Å². The predicted molar refractivity (Wildman–Crippen MR) is 100 cm³/mol.